The molecule has 0 spiro atoms. The zero-order valence-corrected chi connectivity index (χ0v) is 55.7. The van der Waals surface area contributed by atoms with E-state index >= 15 is 4.79 Å². The van der Waals surface area contributed by atoms with Crippen LogP contribution in [-0.2, 0) is 85.1 Å². The van der Waals surface area contributed by atoms with E-state index in [4.69, 9.17) is 11.5 Å². The maximum atomic E-state index is 15.2. The number of halogens is 2. The number of nitrogens with one attached hydrogen (secondary N) is 11. The van der Waals surface area contributed by atoms with Crippen molar-refractivity contribution < 1.29 is 61.8 Å². The summed E-state index contributed by atoms with van der Waals surface area (Å²) in [4.78, 5) is 158. The Morgan fingerprint density at radius 3 is 1.90 bits per heavy atom. The first-order valence-electron chi connectivity index (χ1n) is 32.2. The molecule has 4 aromatic carbocycles. The second-order valence-corrected chi connectivity index (χ2v) is 26.8. The average molecular weight is 1390 g/mol. The molecule has 0 unspecified atom stereocenters. The summed E-state index contributed by atoms with van der Waals surface area (Å²) < 4.78 is 29.7. The van der Waals surface area contributed by atoms with Crippen molar-refractivity contribution in [3.63, 3.8) is 0 Å². The number of nitrogens with zero attached hydrogens (tertiary/aromatic N) is 2. The van der Waals surface area contributed by atoms with Gasteiger partial charge in [0.1, 0.15) is 65.2 Å². The molecule has 26 nitrogen and oxygen atoms in total. The number of primary amides is 1. The highest BCUT2D eigenvalue weighted by atomic mass is 32.2. The number of H-pyrrole nitrogens is 3. The van der Waals surface area contributed by atoms with Gasteiger partial charge in [-0.1, -0.05) is 36.4 Å². The van der Waals surface area contributed by atoms with Gasteiger partial charge in [-0.25, -0.2) is 13.8 Å². The lowest BCUT2D eigenvalue weighted by molar-refractivity contribution is -0.147. The molecule has 2 bridgehead atoms. The Bertz CT molecular complexity index is 4020. The lowest BCUT2D eigenvalue weighted by atomic mass is 9.95. The number of aromatic nitrogens is 4. The highest BCUT2D eigenvalue weighted by Crippen LogP contribution is 2.32. The standard InChI is InChI=1S/C68H81F2N15O11S2/c1-38-61(90)81-55(29-46-32-73-37-77-46)65(94)83-56(24-39-10-14-47(86)15-11-39)66(95)85-21-6-19-68(85,2)67(96)84-57(60(72)89)36-98-35-41-8-5-7-40(23-41)34-97-22-18-58(87)79-52(9-3-4-20-71)62(91)76-33-59(88)80-53(25-42-30-74-50-16-12-44(69)27-48(42)50)64(93)82-54(63(92)78-38)26-43-31-75-51-17-13-45(70)28-49(43)51/h5,7-8,10-17,23,27-28,30-32,37-38,52-57,74-75,86H,3-4,6,9,18-22,24-26,29,33-36,71H2,1-2H3,(H2,72,89)(H,73,77)(H,76,91)(H,78,92)(H,79,87)(H,80,88)(H,81,90)(H,82,93)(H,83,94)(H,84,96)/t38-,52+,53+,54+,55+,56+,57+,68+/m1/s1. The van der Waals surface area contributed by atoms with E-state index in [0.29, 0.717) is 87.3 Å². The summed E-state index contributed by atoms with van der Waals surface area (Å²) in [5.41, 5.74) is 14.5. The lowest BCUT2D eigenvalue weighted by Crippen LogP contribution is -2.63. The van der Waals surface area contributed by atoms with Crippen molar-refractivity contribution in [2.75, 3.05) is 31.1 Å². The van der Waals surface area contributed by atoms with Crippen LogP contribution in [0.2, 0.25) is 0 Å². The minimum Gasteiger partial charge on any atom is -0.508 e. The van der Waals surface area contributed by atoms with E-state index in [1.165, 1.54) is 109 Å². The molecule has 3 aromatic heterocycles. The summed E-state index contributed by atoms with van der Waals surface area (Å²) in [5.74, 6) is -7.73. The third-order valence-corrected chi connectivity index (χ3v) is 19.4. The van der Waals surface area contributed by atoms with Gasteiger partial charge in [-0.3, -0.25) is 47.9 Å². The Hall–Kier alpha value is -9.81. The van der Waals surface area contributed by atoms with Gasteiger partial charge in [0, 0.05) is 108 Å². The van der Waals surface area contributed by atoms with Crippen molar-refractivity contribution in [3.05, 3.63) is 155 Å². The van der Waals surface area contributed by atoms with E-state index in [0.717, 1.165) is 11.1 Å². The summed E-state index contributed by atoms with van der Waals surface area (Å²) in [6.45, 7) is 2.58. The summed E-state index contributed by atoms with van der Waals surface area (Å²) in [6.07, 6.45) is 6.50. The number of fused-ring (bicyclic) bond motifs is 5. The molecule has 10 amide bonds. The number of rotatable bonds is 13. The number of amides is 10. The number of benzene rings is 4. The van der Waals surface area contributed by atoms with E-state index in [2.05, 4.69) is 62.5 Å². The zero-order chi connectivity index (χ0) is 70.0. The number of phenolic OH excluding ortho intramolecular Hbond substituents is 1. The summed E-state index contributed by atoms with van der Waals surface area (Å²) in [5, 5.41) is 32.6. The normalized spacial score (nSPS) is 23.1. The van der Waals surface area contributed by atoms with Gasteiger partial charge in [0.05, 0.1) is 12.9 Å². The number of aromatic amines is 3. The Kier molecular flexibility index (Phi) is 25.1. The van der Waals surface area contributed by atoms with E-state index in [1.54, 1.807) is 19.1 Å². The Morgan fingerprint density at radius 2 is 1.27 bits per heavy atom. The van der Waals surface area contributed by atoms with Crippen LogP contribution in [0.25, 0.3) is 21.8 Å². The molecule has 98 heavy (non-hydrogen) atoms. The van der Waals surface area contributed by atoms with Crippen molar-refractivity contribution in [2.45, 2.75) is 137 Å². The van der Waals surface area contributed by atoms with Crippen LogP contribution < -0.4 is 54.0 Å². The number of phenols is 1. The van der Waals surface area contributed by atoms with Gasteiger partial charge < -0.3 is 79.0 Å². The predicted octanol–water partition coefficient (Wildman–Crippen LogP) is 2.72. The number of imidazole rings is 1. The molecule has 30 heteroatoms. The highest BCUT2D eigenvalue weighted by molar-refractivity contribution is 7.98. The van der Waals surface area contributed by atoms with Crippen molar-refractivity contribution in [2.24, 2.45) is 11.5 Å². The van der Waals surface area contributed by atoms with Crippen LogP contribution in [0.1, 0.15) is 85.9 Å². The van der Waals surface area contributed by atoms with E-state index in [1.807, 2.05) is 24.3 Å². The van der Waals surface area contributed by atoms with E-state index in [9.17, 15) is 57.0 Å². The molecule has 16 N–H and O–H groups in total. The van der Waals surface area contributed by atoms with Crippen LogP contribution in [-0.4, -0.2) is 168 Å². The number of aromatic hydroxyl groups is 1. The first-order valence-corrected chi connectivity index (χ1v) is 34.5. The Balaban J connectivity index is 1.03. The lowest BCUT2D eigenvalue weighted by Gasteiger charge is -2.37. The van der Waals surface area contributed by atoms with Crippen LogP contribution in [0.4, 0.5) is 8.78 Å². The topological polar surface area (TPSA) is 403 Å². The van der Waals surface area contributed by atoms with Gasteiger partial charge in [0.2, 0.25) is 59.1 Å². The second kappa shape index (κ2) is 33.9. The van der Waals surface area contributed by atoms with Crippen LogP contribution in [0.15, 0.2) is 110 Å². The van der Waals surface area contributed by atoms with E-state index < -0.39 is 125 Å². The molecule has 0 aliphatic carbocycles. The van der Waals surface area contributed by atoms with Gasteiger partial charge in [0.15, 0.2) is 0 Å². The third kappa shape index (κ3) is 19.5. The van der Waals surface area contributed by atoms with Gasteiger partial charge in [-0.2, -0.15) is 23.5 Å². The number of carbonyl (C=O) groups is 10. The van der Waals surface area contributed by atoms with Gasteiger partial charge in [-0.15, -0.1) is 0 Å². The number of hydrogen-bond acceptors (Lipinski definition) is 15. The maximum absolute atomic E-state index is 15.2. The minimum atomic E-state index is -1.60. The van der Waals surface area contributed by atoms with Gasteiger partial charge in [0.25, 0.3) is 0 Å². The van der Waals surface area contributed by atoms with E-state index in [-0.39, 0.29) is 63.0 Å². The second-order valence-electron chi connectivity index (χ2n) is 24.7. The number of unbranched alkanes of at least 4 members (excludes halogenated alkanes) is 1. The number of nitrogens with two attached hydrogens (primary N) is 2. The fourth-order valence-electron chi connectivity index (χ4n) is 11.9. The number of carbonyl (C=O) groups excluding carboxylic acids is 10. The Labute approximate surface area is 571 Å². The van der Waals surface area contributed by atoms with Crippen LogP contribution in [0, 0.1) is 11.6 Å². The first kappa shape index (κ1) is 72.5. The fourth-order valence-corrected chi connectivity index (χ4v) is 13.8. The monoisotopic (exact) mass is 1390 g/mol. The molecule has 520 valence electrons. The minimum absolute atomic E-state index is 0.0352. The summed E-state index contributed by atoms with van der Waals surface area (Å²) in [6, 6.07) is 11.7. The fraction of sp³-hybridized carbons (Fsp3) is 0.397. The molecule has 2 aliphatic heterocycles. The molecule has 1 saturated heterocycles. The average Bonchev–Trinajstić information content (AvgIpc) is 1.57. The molecule has 5 heterocycles. The summed E-state index contributed by atoms with van der Waals surface area (Å²) in [7, 11) is 0. The molecule has 8 atom stereocenters. The molecule has 1 fully saturated rings. The molecular formula is C68H81F2N15O11S2. The molecule has 0 radical (unpaired) electrons. The largest absolute Gasteiger partial charge is 0.508 e. The smallest absolute Gasteiger partial charge is 0.246 e. The predicted molar refractivity (Wildman–Crippen MR) is 365 cm³/mol. The van der Waals surface area contributed by atoms with Crippen molar-refractivity contribution in [3.8, 4) is 5.75 Å². The van der Waals surface area contributed by atoms with Crippen LogP contribution in [0.5, 0.6) is 5.75 Å². The summed E-state index contributed by atoms with van der Waals surface area (Å²) >= 11 is 2.83. The van der Waals surface area contributed by atoms with Crippen LogP contribution >= 0.6 is 23.5 Å². The zero-order valence-electron chi connectivity index (χ0n) is 54.1. The number of thioether (sulfide) groups is 2. The molecule has 9 rings (SSSR count). The molecule has 7 aromatic rings. The molecule has 2 aliphatic rings. The number of hydrogen-bond donors (Lipinski definition) is 14. The third-order valence-electron chi connectivity index (χ3n) is 17.3. The Morgan fingerprint density at radius 1 is 0.663 bits per heavy atom. The first-order chi connectivity index (χ1) is 47.0. The molecule has 0 saturated carbocycles. The quantitative estimate of drug-likeness (QED) is 0.0738. The molecular weight excluding hydrogens is 1300 g/mol. The van der Waals surface area contributed by atoms with Crippen molar-refractivity contribution in [1.82, 2.24) is 67.4 Å². The highest BCUT2D eigenvalue weighted by Gasteiger charge is 2.48. The SMILES string of the molecule is C[C@H]1NC(=O)[C@H](Cc2c[nH]c3ccc(F)cc23)NC(=O)[C@H](Cc2c[nH]c3ccc(F)cc23)NC(=O)CNC(=O)[C@H](CCCCN)NC(=O)CCSCc2cccc(c2)CSC[C@@H](C(N)=O)NC(=O)[C@]2(C)CCCN2C(=O)[C@H](Cc2ccc(O)cc2)NC(=O)[C@H](Cc2cnc[nH]2)NC1=O. The van der Waals surface area contributed by atoms with Gasteiger partial charge in [-0.05, 0) is 129 Å². The van der Waals surface area contributed by atoms with Crippen molar-refractivity contribution in [1.29, 1.82) is 0 Å². The van der Waals surface area contributed by atoms with Gasteiger partial charge >= 0.3 is 0 Å². The maximum Gasteiger partial charge on any atom is 0.246 e. The van der Waals surface area contributed by atoms with Crippen molar-refractivity contribution >= 4 is 104 Å². The van der Waals surface area contributed by atoms with Crippen LogP contribution in [0.3, 0.4) is 0 Å².